The van der Waals surface area contributed by atoms with Crippen molar-refractivity contribution in [2.45, 2.75) is 30.7 Å². The van der Waals surface area contributed by atoms with Crippen molar-refractivity contribution in [3.05, 3.63) is 58.1 Å². The Morgan fingerprint density at radius 1 is 1.20 bits per heavy atom. The first-order valence-corrected chi connectivity index (χ1v) is 11.8. The molecule has 0 bridgehead atoms. The highest BCUT2D eigenvalue weighted by atomic mass is 35.5. The first-order chi connectivity index (χ1) is 14.2. The van der Waals surface area contributed by atoms with Gasteiger partial charge in [0.05, 0.1) is 29.0 Å². The number of rotatable bonds is 6. The van der Waals surface area contributed by atoms with E-state index in [1.807, 2.05) is 19.1 Å². The number of piperidine rings is 1. The SMILES string of the molecule is COc1ccc(S(=O)(=O)N2CCC[C@H](C(=O)N[C@@H](C)c3ccc(Cl)cc3)C2)cc1Cl. The number of ether oxygens (including phenoxy) is 1. The Morgan fingerprint density at radius 3 is 2.53 bits per heavy atom. The number of hydrogen-bond donors (Lipinski definition) is 1. The third-order valence-electron chi connectivity index (χ3n) is 5.24. The second-order valence-corrected chi connectivity index (χ2v) is 10.1. The van der Waals surface area contributed by atoms with Crippen LogP contribution in [0.15, 0.2) is 47.4 Å². The Kier molecular flexibility index (Phi) is 7.29. The monoisotopic (exact) mass is 470 g/mol. The van der Waals surface area contributed by atoms with Gasteiger partial charge in [0.1, 0.15) is 5.75 Å². The van der Waals surface area contributed by atoms with E-state index in [0.717, 1.165) is 5.56 Å². The van der Waals surface area contributed by atoms with Crippen LogP contribution in [0.5, 0.6) is 5.75 Å². The minimum Gasteiger partial charge on any atom is -0.495 e. The molecule has 3 rings (SSSR count). The summed E-state index contributed by atoms with van der Waals surface area (Å²) in [6.45, 7) is 2.38. The highest BCUT2D eigenvalue weighted by Crippen LogP contribution is 2.30. The molecule has 1 N–H and O–H groups in total. The Balaban J connectivity index is 1.70. The Morgan fingerprint density at radius 2 is 1.90 bits per heavy atom. The van der Waals surface area contributed by atoms with Crippen LogP contribution in [-0.2, 0) is 14.8 Å². The predicted molar refractivity (Wildman–Crippen MR) is 117 cm³/mol. The Hall–Kier alpha value is -1.80. The summed E-state index contributed by atoms with van der Waals surface area (Å²) in [7, 11) is -2.30. The Bertz CT molecular complexity index is 1010. The van der Waals surface area contributed by atoms with Gasteiger partial charge in [-0.3, -0.25) is 4.79 Å². The van der Waals surface area contributed by atoms with Gasteiger partial charge in [0, 0.05) is 18.1 Å². The molecule has 1 heterocycles. The second kappa shape index (κ2) is 9.56. The van der Waals surface area contributed by atoms with Gasteiger partial charge < -0.3 is 10.1 Å². The fourth-order valence-electron chi connectivity index (χ4n) is 3.50. The van der Waals surface area contributed by atoms with Gasteiger partial charge in [-0.1, -0.05) is 35.3 Å². The predicted octanol–water partition coefficient (Wildman–Crippen LogP) is 4.28. The molecule has 1 aliphatic heterocycles. The zero-order valence-corrected chi connectivity index (χ0v) is 19.1. The molecule has 1 saturated heterocycles. The van der Waals surface area contributed by atoms with Crippen LogP contribution in [0, 0.1) is 5.92 Å². The van der Waals surface area contributed by atoms with Crippen LogP contribution in [0.25, 0.3) is 0 Å². The standard InChI is InChI=1S/C21H24Cl2N2O4S/c1-14(15-5-7-17(22)8-6-15)24-21(26)16-4-3-11-25(13-16)30(27,28)18-9-10-20(29-2)19(23)12-18/h5-10,12,14,16H,3-4,11,13H2,1-2H3,(H,24,26)/t14-,16-/m0/s1. The number of amides is 1. The van der Waals surface area contributed by atoms with Crippen LogP contribution in [0.1, 0.15) is 31.4 Å². The van der Waals surface area contributed by atoms with Crippen molar-refractivity contribution in [1.82, 2.24) is 9.62 Å². The average molecular weight is 471 g/mol. The number of hydrogen-bond acceptors (Lipinski definition) is 4. The van der Waals surface area contributed by atoms with Crippen molar-refractivity contribution >= 4 is 39.1 Å². The van der Waals surface area contributed by atoms with Crippen molar-refractivity contribution in [3.63, 3.8) is 0 Å². The molecule has 2 atom stereocenters. The summed E-state index contributed by atoms with van der Waals surface area (Å²) in [5.74, 6) is -0.176. The lowest BCUT2D eigenvalue weighted by Gasteiger charge is -2.32. The molecule has 6 nitrogen and oxygen atoms in total. The lowest BCUT2D eigenvalue weighted by Crippen LogP contribution is -2.45. The van der Waals surface area contributed by atoms with Crippen molar-refractivity contribution in [3.8, 4) is 5.75 Å². The summed E-state index contributed by atoms with van der Waals surface area (Å²) in [5.41, 5.74) is 0.931. The number of halogens is 2. The topological polar surface area (TPSA) is 75.7 Å². The van der Waals surface area contributed by atoms with Crippen molar-refractivity contribution in [2.75, 3.05) is 20.2 Å². The Labute approximate surface area is 187 Å². The zero-order valence-electron chi connectivity index (χ0n) is 16.8. The van der Waals surface area contributed by atoms with Gasteiger partial charge >= 0.3 is 0 Å². The fraction of sp³-hybridized carbons (Fsp3) is 0.381. The molecule has 1 amide bonds. The lowest BCUT2D eigenvalue weighted by molar-refractivity contribution is -0.126. The maximum atomic E-state index is 13.1. The van der Waals surface area contributed by atoms with Crippen LogP contribution in [0.3, 0.4) is 0 Å². The van der Waals surface area contributed by atoms with E-state index in [0.29, 0.717) is 30.2 Å². The number of carbonyl (C=O) groups is 1. The number of methoxy groups -OCH3 is 1. The smallest absolute Gasteiger partial charge is 0.243 e. The van der Waals surface area contributed by atoms with E-state index in [-0.39, 0.29) is 28.4 Å². The maximum absolute atomic E-state index is 13.1. The molecule has 0 aromatic heterocycles. The molecule has 2 aromatic carbocycles. The first kappa shape index (κ1) is 22.9. The third kappa shape index (κ3) is 5.09. The van der Waals surface area contributed by atoms with Gasteiger partial charge in [0.25, 0.3) is 0 Å². The normalized spacial score (nSPS) is 18.6. The van der Waals surface area contributed by atoms with Crippen LogP contribution in [0.4, 0.5) is 0 Å². The van der Waals surface area contributed by atoms with Gasteiger partial charge in [-0.05, 0) is 55.7 Å². The molecule has 162 valence electrons. The van der Waals surface area contributed by atoms with Crippen LogP contribution < -0.4 is 10.1 Å². The summed E-state index contributed by atoms with van der Waals surface area (Å²) >= 11 is 12.0. The lowest BCUT2D eigenvalue weighted by atomic mass is 9.98. The first-order valence-electron chi connectivity index (χ1n) is 9.62. The number of benzene rings is 2. The quantitative estimate of drug-likeness (QED) is 0.683. The molecule has 0 saturated carbocycles. The average Bonchev–Trinajstić information content (AvgIpc) is 2.74. The van der Waals surface area contributed by atoms with E-state index >= 15 is 0 Å². The van der Waals surface area contributed by atoms with E-state index in [1.54, 1.807) is 12.1 Å². The summed E-state index contributed by atoms with van der Waals surface area (Å²) < 4.78 is 32.6. The van der Waals surface area contributed by atoms with E-state index < -0.39 is 15.9 Å². The second-order valence-electron chi connectivity index (χ2n) is 7.28. The van der Waals surface area contributed by atoms with Gasteiger partial charge in [0.15, 0.2) is 0 Å². The van der Waals surface area contributed by atoms with E-state index in [4.69, 9.17) is 27.9 Å². The number of carbonyl (C=O) groups excluding carboxylic acids is 1. The summed E-state index contributed by atoms with van der Waals surface area (Å²) in [6, 6.07) is 11.4. The summed E-state index contributed by atoms with van der Waals surface area (Å²) in [4.78, 5) is 12.9. The molecule has 0 radical (unpaired) electrons. The van der Waals surface area contributed by atoms with Crippen LogP contribution in [0.2, 0.25) is 10.0 Å². The van der Waals surface area contributed by atoms with Crippen LogP contribution >= 0.6 is 23.2 Å². The molecule has 0 spiro atoms. The highest BCUT2D eigenvalue weighted by Gasteiger charge is 2.34. The molecule has 30 heavy (non-hydrogen) atoms. The summed E-state index contributed by atoms with van der Waals surface area (Å²) in [6.07, 6.45) is 1.24. The van der Waals surface area contributed by atoms with E-state index in [1.165, 1.54) is 29.6 Å². The molecule has 0 aliphatic carbocycles. The van der Waals surface area contributed by atoms with Gasteiger partial charge in [-0.15, -0.1) is 0 Å². The highest BCUT2D eigenvalue weighted by molar-refractivity contribution is 7.89. The van der Waals surface area contributed by atoms with E-state index in [9.17, 15) is 13.2 Å². The van der Waals surface area contributed by atoms with Crippen molar-refractivity contribution in [1.29, 1.82) is 0 Å². The van der Waals surface area contributed by atoms with Gasteiger partial charge in [0.2, 0.25) is 15.9 Å². The minimum atomic E-state index is -3.76. The third-order valence-corrected chi connectivity index (χ3v) is 7.65. The zero-order chi connectivity index (χ0) is 21.9. The molecule has 2 aromatic rings. The van der Waals surface area contributed by atoms with E-state index in [2.05, 4.69) is 5.32 Å². The maximum Gasteiger partial charge on any atom is 0.243 e. The molecule has 1 fully saturated rings. The van der Waals surface area contributed by atoms with Crippen LogP contribution in [-0.4, -0.2) is 38.8 Å². The molecular formula is C21H24Cl2N2O4S. The van der Waals surface area contributed by atoms with Crippen molar-refractivity contribution in [2.24, 2.45) is 5.92 Å². The summed E-state index contributed by atoms with van der Waals surface area (Å²) in [5, 5.41) is 3.83. The minimum absolute atomic E-state index is 0.0869. The fourth-order valence-corrected chi connectivity index (χ4v) is 5.50. The number of nitrogens with one attached hydrogen (secondary N) is 1. The van der Waals surface area contributed by atoms with Gasteiger partial charge in [-0.25, -0.2) is 8.42 Å². The van der Waals surface area contributed by atoms with Crippen molar-refractivity contribution < 1.29 is 17.9 Å². The molecule has 0 unspecified atom stereocenters. The van der Waals surface area contributed by atoms with Gasteiger partial charge in [-0.2, -0.15) is 4.31 Å². The number of nitrogens with zero attached hydrogens (tertiary/aromatic N) is 1. The number of sulfonamides is 1. The molecule has 9 heteroatoms. The molecular weight excluding hydrogens is 447 g/mol. The largest absolute Gasteiger partial charge is 0.495 e. The molecule has 1 aliphatic rings.